The van der Waals surface area contributed by atoms with Crippen LogP contribution >= 0.6 is 11.6 Å². The van der Waals surface area contributed by atoms with E-state index in [1.165, 1.54) is 4.31 Å². The maximum Gasteiger partial charge on any atom is 0.226 e. The summed E-state index contributed by atoms with van der Waals surface area (Å²) in [6.45, 7) is 5.62. The summed E-state index contributed by atoms with van der Waals surface area (Å²) in [6.07, 6.45) is 2.75. The SMILES string of the molecule is CC(C)Cc1nc(CCOC2CCN(S(=O)(=O)Cc3ccccc3Cl)CC2)no1. The number of aromatic nitrogens is 2. The molecule has 3 rings (SSSR count). The molecular formula is C20H28ClN3O4S. The van der Waals surface area contributed by atoms with Crippen molar-refractivity contribution >= 4 is 21.6 Å². The quantitative estimate of drug-likeness (QED) is 0.592. The van der Waals surface area contributed by atoms with Gasteiger partial charge in [-0.3, -0.25) is 0 Å². The summed E-state index contributed by atoms with van der Waals surface area (Å²) in [5.41, 5.74) is 0.629. The lowest BCUT2D eigenvalue weighted by atomic mass is 10.1. The third-order valence-corrected chi connectivity index (χ3v) is 7.06. The molecule has 0 N–H and O–H groups in total. The molecule has 1 saturated heterocycles. The fourth-order valence-electron chi connectivity index (χ4n) is 3.32. The topological polar surface area (TPSA) is 85.5 Å². The molecular weight excluding hydrogens is 414 g/mol. The summed E-state index contributed by atoms with van der Waals surface area (Å²) >= 11 is 6.11. The number of sulfonamides is 1. The Morgan fingerprint density at radius 3 is 2.69 bits per heavy atom. The second-order valence-corrected chi connectivity index (χ2v) is 10.1. The van der Waals surface area contributed by atoms with Crippen molar-refractivity contribution in [2.24, 2.45) is 5.92 Å². The number of hydrogen-bond donors (Lipinski definition) is 0. The van der Waals surface area contributed by atoms with E-state index in [2.05, 4.69) is 24.0 Å². The molecule has 0 spiro atoms. The molecule has 2 heterocycles. The lowest BCUT2D eigenvalue weighted by Crippen LogP contribution is -2.41. The molecule has 160 valence electrons. The molecule has 1 aromatic carbocycles. The van der Waals surface area contributed by atoms with Crippen LogP contribution in [-0.4, -0.2) is 48.7 Å². The Balaban J connectivity index is 1.42. The van der Waals surface area contributed by atoms with Crippen LogP contribution in [0.4, 0.5) is 0 Å². The molecule has 0 unspecified atom stereocenters. The third kappa shape index (κ3) is 6.50. The molecule has 1 aliphatic rings. The maximum atomic E-state index is 12.7. The average Bonchev–Trinajstić information content (AvgIpc) is 3.10. The third-order valence-electron chi connectivity index (χ3n) is 4.86. The molecule has 2 aromatic rings. The van der Waals surface area contributed by atoms with Crippen LogP contribution in [0.15, 0.2) is 28.8 Å². The number of piperidine rings is 1. The van der Waals surface area contributed by atoms with Crippen molar-refractivity contribution in [3.8, 4) is 0 Å². The first-order chi connectivity index (χ1) is 13.8. The Morgan fingerprint density at radius 1 is 1.28 bits per heavy atom. The molecule has 0 saturated carbocycles. The molecule has 1 aromatic heterocycles. The highest BCUT2D eigenvalue weighted by atomic mass is 35.5. The van der Waals surface area contributed by atoms with E-state index in [0.29, 0.717) is 67.2 Å². The van der Waals surface area contributed by atoms with Gasteiger partial charge in [0.2, 0.25) is 15.9 Å². The van der Waals surface area contributed by atoms with E-state index in [4.69, 9.17) is 20.9 Å². The van der Waals surface area contributed by atoms with Crippen LogP contribution in [0.3, 0.4) is 0 Å². The van der Waals surface area contributed by atoms with E-state index < -0.39 is 10.0 Å². The van der Waals surface area contributed by atoms with Crippen LogP contribution in [0.2, 0.25) is 5.02 Å². The lowest BCUT2D eigenvalue weighted by molar-refractivity contribution is 0.0222. The normalized spacial score (nSPS) is 16.6. The standard InChI is InChI=1S/C20H28ClN3O4S/c1-15(2)13-20-22-19(23-28-20)9-12-27-17-7-10-24(11-8-17)29(25,26)14-16-5-3-4-6-18(16)21/h3-6,15,17H,7-14H2,1-2H3. The van der Waals surface area contributed by atoms with Crippen molar-refractivity contribution in [3.05, 3.63) is 46.6 Å². The summed E-state index contributed by atoms with van der Waals surface area (Å²) in [5, 5.41) is 4.46. The molecule has 0 bridgehead atoms. The second kappa shape index (κ2) is 10.0. The summed E-state index contributed by atoms with van der Waals surface area (Å²) in [7, 11) is -3.39. The summed E-state index contributed by atoms with van der Waals surface area (Å²) < 4.78 is 38.1. The van der Waals surface area contributed by atoms with Gasteiger partial charge in [0.05, 0.1) is 18.5 Å². The molecule has 1 aliphatic heterocycles. The van der Waals surface area contributed by atoms with Gasteiger partial charge in [0.15, 0.2) is 5.82 Å². The van der Waals surface area contributed by atoms with Crippen molar-refractivity contribution in [2.45, 2.75) is 51.4 Å². The van der Waals surface area contributed by atoms with Gasteiger partial charge in [0, 0.05) is 31.0 Å². The summed E-state index contributed by atoms with van der Waals surface area (Å²) in [5.74, 6) is 1.71. The molecule has 0 atom stereocenters. The number of hydrogen-bond acceptors (Lipinski definition) is 6. The Hall–Kier alpha value is -1.48. The minimum Gasteiger partial charge on any atom is -0.378 e. The summed E-state index contributed by atoms with van der Waals surface area (Å²) in [4.78, 5) is 4.37. The Bertz CT molecular complexity index is 893. The molecule has 0 radical (unpaired) electrons. The van der Waals surface area contributed by atoms with Gasteiger partial charge in [0.25, 0.3) is 0 Å². The Morgan fingerprint density at radius 2 is 2.00 bits per heavy atom. The van der Waals surface area contributed by atoms with Gasteiger partial charge in [-0.05, 0) is 30.4 Å². The van der Waals surface area contributed by atoms with Crippen molar-refractivity contribution in [1.29, 1.82) is 0 Å². The number of benzene rings is 1. The fourth-order valence-corrected chi connectivity index (χ4v) is 5.20. The van der Waals surface area contributed by atoms with E-state index in [9.17, 15) is 8.42 Å². The zero-order valence-electron chi connectivity index (χ0n) is 16.9. The highest BCUT2D eigenvalue weighted by Crippen LogP contribution is 2.23. The van der Waals surface area contributed by atoms with Gasteiger partial charge in [-0.1, -0.05) is 48.8 Å². The zero-order chi connectivity index (χ0) is 20.9. The molecule has 0 aliphatic carbocycles. The Labute approximate surface area is 177 Å². The Kier molecular flexibility index (Phi) is 7.67. The van der Waals surface area contributed by atoms with Crippen LogP contribution in [-0.2, 0) is 33.4 Å². The van der Waals surface area contributed by atoms with Crippen molar-refractivity contribution in [2.75, 3.05) is 19.7 Å². The highest BCUT2D eigenvalue weighted by Gasteiger charge is 2.29. The first-order valence-electron chi connectivity index (χ1n) is 9.98. The van der Waals surface area contributed by atoms with E-state index in [0.717, 1.165) is 6.42 Å². The highest BCUT2D eigenvalue weighted by molar-refractivity contribution is 7.88. The van der Waals surface area contributed by atoms with Crippen LogP contribution < -0.4 is 0 Å². The van der Waals surface area contributed by atoms with Crippen molar-refractivity contribution in [1.82, 2.24) is 14.4 Å². The van der Waals surface area contributed by atoms with E-state index in [1.54, 1.807) is 24.3 Å². The summed E-state index contributed by atoms with van der Waals surface area (Å²) in [6, 6.07) is 7.05. The average molecular weight is 442 g/mol. The van der Waals surface area contributed by atoms with E-state index in [-0.39, 0.29) is 11.9 Å². The van der Waals surface area contributed by atoms with E-state index in [1.807, 2.05) is 0 Å². The van der Waals surface area contributed by atoms with Crippen LogP contribution in [0, 0.1) is 5.92 Å². The number of ether oxygens (including phenoxy) is 1. The molecule has 29 heavy (non-hydrogen) atoms. The van der Waals surface area contributed by atoms with Gasteiger partial charge in [-0.15, -0.1) is 0 Å². The molecule has 1 fully saturated rings. The van der Waals surface area contributed by atoms with Gasteiger partial charge in [-0.25, -0.2) is 12.7 Å². The van der Waals surface area contributed by atoms with E-state index >= 15 is 0 Å². The predicted molar refractivity (Wildman–Crippen MR) is 111 cm³/mol. The zero-order valence-corrected chi connectivity index (χ0v) is 18.5. The minimum atomic E-state index is -3.39. The molecule has 7 nitrogen and oxygen atoms in total. The van der Waals surface area contributed by atoms with Crippen LogP contribution in [0.1, 0.15) is 44.0 Å². The van der Waals surface area contributed by atoms with Gasteiger partial charge >= 0.3 is 0 Å². The van der Waals surface area contributed by atoms with Crippen LogP contribution in [0.25, 0.3) is 0 Å². The predicted octanol–water partition coefficient (Wildman–Crippen LogP) is 3.48. The van der Waals surface area contributed by atoms with Crippen molar-refractivity contribution in [3.63, 3.8) is 0 Å². The van der Waals surface area contributed by atoms with Crippen LogP contribution in [0.5, 0.6) is 0 Å². The van der Waals surface area contributed by atoms with Gasteiger partial charge in [0.1, 0.15) is 0 Å². The molecule has 0 amide bonds. The number of rotatable bonds is 9. The smallest absolute Gasteiger partial charge is 0.226 e. The fraction of sp³-hybridized carbons (Fsp3) is 0.600. The maximum absolute atomic E-state index is 12.7. The molecule has 9 heteroatoms. The first-order valence-corrected chi connectivity index (χ1v) is 12.0. The largest absolute Gasteiger partial charge is 0.378 e. The lowest BCUT2D eigenvalue weighted by Gasteiger charge is -2.31. The second-order valence-electron chi connectivity index (χ2n) is 7.77. The van der Waals surface area contributed by atoms with Gasteiger partial charge in [-0.2, -0.15) is 4.98 Å². The number of halogens is 1. The number of nitrogens with zero attached hydrogens (tertiary/aromatic N) is 3. The van der Waals surface area contributed by atoms with Gasteiger partial charge < -0.3 is 9.26 Å². The monoisotopic (exact) mass is 441 g/mol. The van der Waals surface area contributed by atoms with Crippen molar-refractivity contribution < 1.29 is 17.7 Å². The minimum absolute atomic E-state index is 0.0452. The first kappa shape index (κ1) is 22.2.